The molecule has 4 rings (SSSR count). The van der Waals surface area contributed by atoms with Crippen LogP contribution >= 0.6 is 7.92 Å². The third kappa shape index (κ3) is 6.65. The van der Waals surface area contributed by atoms with Crippen LogP contribution in [0.3, 0.4) is 0 Å². The summed E-state index contributed by atoms with van der Waals surface area (Å²) in [6.07, 6.45) is 0. The van der Waals surface area contributed by atoms with E-state index < -0.39 is 18.9 Å². The van der Waals surface area contributed by atoms with Crippen LogP contribution in [0.4, 0.5) is 0 Å². The van der Waals surface area contributed by atoms with Crippen molar-refractivity contribution in [3.05, 3.63) is 126 Å². The molecule has 0 aliphatic heterocycles. The van der Waals surface area contributed by atoms with E-state index in [2.05, 4.69) is 135 Å². The van der Waals surface area contributed by atoms with E-state index >= 15 is 0 Å². The lowest BCUT2D eigenvalue weighted by atomic mass is 9.86. The average Bonchev–Trinajstić information content (AvgIpc) is 2.88. The monoisotopic (exact) mass is 527 g/mol. The number of hydrogen-bond acceptors (Lipinski definition) is 1. The third-order valence-corrected chi connectivity index (χ3v) is 10.5. The first-order valence-electron chi connectivity index (χ1n) is 12.8. The standard InChI is InChI=1S/C33H38NOPS/c1-32(2,3)26-23-21-25(22-24-26)31(34-37(35)33(4,5)6)29-19-13-14-20-30(29)36(27-15-9-7-10-16-27)28-17-11-8-12-18-28/h7-24,31,34H,1-6H3/t31-,37-/m1/s1. The van der Waals surface area contributed by atoms with E-state index in [1.54, 1.807) is 0 Å². The Bertz CT molecular complexity index is 1280. The molecule has 0 saturated carbocycles. The highest BCUT2D eigenvalue weighted by atomic mass is 32.2. The topological polar surface area (TPSA) is 29.1 Å². The Morgan fingerprint density at radius 1 is 0.649 bits per heavy atom. The van der Waals surface area contributed by atoms with Crippen LogP contribution in [0.15, 0.2) is 109 Å². The first kappa shape index (κ1) is 27.5. The largest absolute Gasteiger partial charge is 0.242 e. The van der Waals surface area contributed by atoms with E-state index in [1.807, 2.05) is 20.8 Å². The van der Waals surface area contributed by atoms with Crippen LogP contribution < -0.4 is 20.6 Å². The summed E-state index contributed by atoms with van der Waals surface area (Å²) in [6.45, 7) is 12.7. The molecule has 192 valence electrons. The van der Waals surface area contributed by atoms with Gasteiger partial charge < -0.3 is 0 Å². The normalized spacial score (nSPS) is 13.9. The van der Waals surface area contributed by atoms with Gasteiger partial charge in [-0.3, -0.25) is 0 Å². The fraction of sp³-hybridized carbons (Fsp3) is 0.273. The van der Waals surface area contributed by atoms with Crippen molar-refractivity contribution in [3.63, 3.8) is 0 Å². The second-order valence-corrected chi connectivity index (χ2v) is 15.6. The Kier molecular flexibility index (Phi) is 8.49. The summed E-state index contributed by atoms with van der Waals surface area (Å²) in [4.78, 5) is 0. The van der Waals surface area contributed by atoms with Gasteiger partial charge in [-0.2, -0.15) is 0 Å². The number of benzene rings is 4. The van der Waals surface area contributed by atoms with Gasteiger partial charge in [-0.05, 0) is 66.7 Å². The summed E-state index contributed by atoms with van der Waals surface area (Å²) in [5.74, 6) is 0. The Labute approximate surface area is 226 Å². The maximum atomic E-state index is 13.5. The van der Waals surface area contributed by atoms with Crippen molar-refractivity contribution in [2.24, 2.45) is 0 Å². The molecule has 0 saturated heterocycles. The number of nitrogens with one attached hydrogen (secondary N) is 1. The quantitative estimate of drug-likeness (QED) is 0.261. The van der Waals surface area contributed by atoms with Crippen LogP contribution in [0.2, 0.25) is 0 Å². The molecular weight excluding hydrogens is 489 g/mol. The van der Waals surface area contributed by atoms with Gasteiger partial charge in [0.25, 0.3) is 0 Å². The van der Waals surface area contributed by atoms with E-state index in [4.69, 9.17) is 0 Å². The van der Waals surface area contributed by atoms with Gasteiger partial charge in [-0.25, -0.2) is 8.93 Å². The third-order valence-electron chi connectivity index (χ3n) is 6.41. The van der Waals surface area contributed by atoms with Gasteiger partial charge in [0.15, 0.2) is 0 Å². The average molecular weight is 528 g/mol. The molecule has 0 unspecified atom stereocenters. The second-order valence-electron chi connectivity index (χ2n) is 11.4. The fourth-order valence-corrected chi connectivity index (χ4v) is 7.61. The van der Waals surface area contributed by atoms with Crippen LogP contribution in [0.5, 0.6) is 0 Å². The molecule has 4 aromatic carbocycles. The SMILES string of the molecule is CC(C)(C)c1ccc([C@@H](N[S@](=O)C(C)(C)C)c2ccccc2P(c2ccccc2)c2ccccc2)cc1. The molecule has 37 heavy (non-hydrogen) atoms. The first-order valence-corrected chi connectivity index (χ1v) is 15.3. The maximum absolute atomic E-state index is 13.5. The van der Waals surface area contributed by atoms with Crippen molar-refractivity contribution >= 4 is 34.8 Å². The minimum absolute atomic E-state index is 0.0720. The summed E-state index contributed by atoms with van der Waals surface area (Å²) >= 11 is 0. The highest BCUT2D eigenvalue weighted by Gasteiger charge is 2.29. The predicted molar refractivity (Wildman–Crippen MR) is 163 cm³/mol. The number of rotatable bonds is 7. The molecule has 4 aromatic rings. The Balaban J connectivity index is 1.89. The Morgan fingerprint density at radius 3 is 1.62 bits per heavy atom. The minimum Gasteiger partial charge on any atom is -0.242 e. The highest BCUT2D eigenvalue weighted by molar-refractivity contribution is 7.84. The van der Waals surface area contributed by atoms with E-state index in [-0.39, 0.29) is 16.2 Å². The molecule has 0 radical (unpaired) electrons. The zero-order chi connectivity index (χ0) is 26.6. The van der Waals surface area contributed by atoms with Gasteiger partial charge in [0, 0.05) is 0 Å². The summed E-state index contributed by atoms with van der Waals surface area (Å²) in [5.41, 5.74) is 3.65. The smallest absolute Gasteiger partial charge is 0.0979 e. The van der Waals surface area contributed by atoms with Crippen molar-refractivity contribution in [2.45, 2.75) is 57.7 Å². The van der Waals surface area contributed by atoms with Gasteiger partial charge in [-0.1, -0.05) is 130 Å². The van der Waals surface area contributed by atoms with Crippen LogP contribution in [0.1, 0.15) is 64.3 Å². The molecule has 0 fully saturated rings. The van der Waals surface area contributed by atoms with E-state index in [0.29, 0.717) is 0 Å². The Hall–Kier alpha value is -2.58. The van der Waals surface area contributed by atoms with Gasteiger partial charge >= 0.3 is 0 Å². The summed E-state index contributed by atoms with van der Waals surface area (Å²) < 4.78 is 16.6. The van der Waals surface area contributed by atoms with E-state index in [1.165, 1.54) is 27.0 Å². The van der Waals surface area contributed by atoms with Crippen LogP contribution in [0.25, 0.3) is 0 Å². The lowest BCUT2D eigenvalue weighted by Gasteiger charge is -2.29. The van der Waals surface area contributed by atoms with Crippen LogP contribution in [0, 0.1) is 0 Å². The molecule has 0 amide bonds. The molecule has 0 bridgehead atoms. The van der Waals surface area contributed by atoms with Crippen molar-refractivity contribution in [1.82, 2.24) is 4.72 Å². The lowest BCUT2D eigenvalue weighted by molar-refractivity contribution is 0.589. The lowest BCUT2D eigenvalue weighted by Crippen LogP contribution is -2.38. The van der Waals surface area contributed by atoms with Crippen molar-refractivity contribution < 1.29 is 4.21 Å². The van der Waals surface area contributed by atoms with Gasteiger partial charge in [0.1, 0.15) is 0 Å². The van der Waals surface area contributed by atoms with Crippen LogP contribution in [-0.2, 0) is 16.4 Å². The van der Waals surface area contributed by atoms with Gasteiger partial charge in [0.2, 0.25) is 0 Å². The zero-order valence-corrected chi connectivity index (χ0v) is 24.4. The molecule has 0 aliphatic rings. The van der Waals surface area contributed by atoms with E-state index in [0.717, 1.165) is 5.56 Å². The molecule has 0 spiro atoms. The second kappa shape index (κ2) is 11.4. The fourth-order valence-electron chi connectivity index (χ4n) is 4.29. The summed E-state index contributed by atoms with van der Waals surface area (Å²) in [5, 5.41) is 3.88. The maximum Gasteiger partial charge on any atom is 0.0979 e. The molecule has 0 aliphatic carbocycles. The van der Waals surface area contributed by atoms with Crippen molar-refractivity contribution in [3.8, 4) is 0 Å². The molecule has 1 N–H and O–H groups in total. The molecule has 2 atom stereocenters. The highest BCUT2D eigenvalue weighted by Crippen LogP contribution is 2.37. The van der Waals surface area contributed by atoms with Crippen molar-refractivity contribution in [2.75, 3.05) is 0 Å². The van der Waals surface area contributed by atoms with Crippen molar-refractivity contribution in [1.29, 1.82) is 0 Å². The summed E-state index contributed by atoms with van der Waals surface area (Å²) in [7, 11) is -2.05. The van der Waals surface area contributed by atoms with Gasteiger partial charge in [-0.15, -0.1) is 0 Å². The molecule has 4 heteroatoms. The van der Waals surface area contributed by atoms with E-state index in [9.17, 15) is 4.21 Å². The summed E-state index contributed by atoms with van der Waals surface area (Å²) in [6, 6.07) is 38.8. The first-order chi connectivity index (χ1) is 17.6. The molecular formula is C33H38NOPS. The van der Waals surface area contributed by atoms with Gasteiger partial charge in [0.05, 0.1) is 21.8 Å². The zero-order valence-electron chi connectivity index (χ0n) is 22.7. The van der Waals surface area contributed by atoms with Crippen LogP contribution in [-0.4, -0.2) is 8.96 Å². The minimum atomic E-state index is -1.24. The molecule has 2 nitrogen and oxygen atoms in total. The molecule has 0 heterocycles. The number of hydrogen-bond donors (Lipinski definition) is 1. The molecule has 0 aromatic heterocycles. The Morgan fingerprint density at radius 2 is 1.14 bits per heavy atom. The predicted octanol–water partition coefficient (Wildman–Crippen LogP) is 6.88.